The van der Waals surface area contributed by atoms with Crippen LogP contribution in [0, 0.1) is 13.8 Å². The molecule has 5 heterocycles. The molecule has 142 valence electrons. The van der Waals surface area contributed by atoms with Crippen LogP contribution in [0.2, 0.25) is 0 Å². The van der Waals surface area contributed by atoms with Crippen LogP contribution in [-0.4, -0.2) is 44.9 Å². The molecule has 5 rings (SSSR count). The zero-order chi connectivity index (χ0) is 19.3. The van der Waals surface area contributed by atoms with Gasteiger partial charge in [-0.2, -0.15) is 0 Å². The van der Waals surface area contributed by atoms with Crippen molar-refractivity contribution >= 4 is 17.0 Å². The molecule has 28 heavy (non-hydrogen) atoms. The highest BCUT2D eigenvalue weighted by Crippen LogP contribution is 2.21. The highest BCUT2D eigenvalue weighted by Gasteiger charge is 2.13. The molecule has 4 aromatic heterocycles. The highest BCUT2D eigenvalue weighted by atomic mass is 16.1. The molecular formula is C21H22N6O. The molecule has 1 fully saturated rings. The second-order valence-electron chi connectivity index (χ2n) is 7.26. The standard InChI is InChI=1S/C21H22N6O/c1-14-15(2)26-12-16(3-5-19(26)23-14)18-11-21(28)27-13-17(4-6-20(27)24-18)25-9-7-22-8-10-25/h3-6,11-13,22H,7-10H2,1-2H3. The van der Waals surface area contributed by atoms with Crippen LogP contribution in [0.15, 0.2) is 47.5 Å². The molecule has 0 aromatic carbocycles. The number of imidazole rings is 1. The summed E-state index contributed by atoms with van der Waals surface area (Å²) in [5.74, 6) is 0. The number of nitrogens with one attached hydrogen (secondary N) is 1. The fourth-order valence-corrected chi connectivity index (χ4v) is 3.78. The Labute approximate surface area is 162 Å². The number of aromatic nitrogens is 4. The quantitative estimate of drug-likeness (QED) is 0.582. The maximum absolute atomic E-state index is 12.8. The molecule has 0 unspecified atom stereocenters. The maximum atomic E-state index is 12.8. The van der Waals surface area contributed by atoms with Crippen LogP contribution in [0.3, 0.4) is 0 Å². The molecule has 1 N–H and O–H groups in total. The molecule has 4 aromatic rings. The Morgan fingerprint density at radius 1 is 0.929 bits per heavy atom. The first-order valence-corrected chi connectivity index (χ1v) is 9.55. The molecule has 7 nitrogen and oxygen atoms in total. The zero-order valence-electron chi connectivity index (χ0n) is 16.0. The van der Waals surface area contributed by atoms with Gasteiger partial charge in [0, 0.05) is 55.9 Å². The molecule has 0 saturated carbocycles. The number of fused-ring (bicyclic) bond motifs is 2. The molecule has 0 aliphatic carbocycles. The summed E-state index contributed by atoms with van der Waals surface area (Å²) < 4.78 is 3.67. The zero-order valence-corrected chi connectivity index (χ0v) is 16.0. The minimum absolute atomic E-state index is 0.0735. The van der Waals surface area contributed by atoms with Crippen LogP contribution in [0.25, 0.3) is 22.6 Å². The van der Waals surface area contributed by atoms with Crippen LogP contribution >= 0.6 is 0 Å². The minimum atomic E-state index is -0.0735. The molecule has 0 atom stereocenters. The van der Waals surface area contributed by atoms with Gasteiger partial charge in [0.1, 0.15) is 11.3 Å². The van der Waals surface area contributed by atoms with Gasteiger partial charge in [0.05, 0.1) is 17.1 Å². The van der Waals surface area contributed by atoms with E-state index in [0.717, 1.165) is 54.5 Å². The van der Waals surface area contributed by atoms with Gasteiger partial charge in [-0.25, -0.2) is 9.97 Å². The van der Waals surface area contributed by atoms with Crippen molar-refractivity contribution in [3.8, 4) is 11.3 Å². The van der Waals surface area contributed by atoms with Gasteiger partial charge in [0.25, 0.3) is 5.56 Å². The van der Waals surface area contributed by atoms with Crippen molar-refractivity contribution in [2.24, 2.45) is 0 Å². The number of piperazine rings is 1. The van der Waals surface area contributed by atoms with Gasteiger partial charge >= 0.3 is 0 Å². The van der Waals surface area contributed by atoms with Crippen molar-refractivity contribution in [2.75, 3.05) is 31.1 Å². The van der Waals surface area contributed by atoms with E-state index < -0.39 is 0 Å². The summed E-state index contributed by atoms with van der Waals surface area (Å²) in [5, 5.41) is 3.35. The van der Waals surface area contributed by atoms with Crippen LogP contribution in [0.4, 0.5) is 5.69 Å². The van der Waals surface area contributed by atoms with Gasteiger partial charge in [-0.15, -0.1) is 0 Å². The van der Waals surface area contributed by atoms with Crippen LogP contribution < -0.4 is 15.8 Å². The van der Waals surface area contributed by atoms with Gasteiger partial charge < -0.3 is 14.6 Å². The third-order valence-corrected chi connectivity index (χ3v) is 5.52. The second kappa shape index (κ2) is 6.45. The van der Waals surface area contributed by atoms with Crippen molar-refractivity contribution in [3.05, 3.63) is 64.5 Å². The van der Waals surface area contributed by atoms with Crippen molar-refractivity contribution in [1.82, 2.24) is 24.1 Å². The van der Waals surface area contributed by atoms with Crippen LogP contribution in [0.5, 0.6) is 0 Å². The Kier molecular flexibility index (Phi) is 3.91. The largest absolute Gasteiger partial charge is 0.368 e. The summed E-state index contributed by atoms with van der Waals surface area (Å²) in [6.07, 6.45) is 3.89. The molecule has 7 heteroatoms. The molecule has 0 bridgehead atoms. The van der Waals surface area contributed by atoms with E-state index in [2.05, 4.69) is 15.2 Å². The van der Waals surface area contributed by atoms with E-state index in [1.165, 1.54) is 0 Å². The van der Waals surface area contributed by atoms with Crippen LogP contribution in [-0.2, 0) is 0 Å². The fraction of sp³-hybridized carbons (Fsp3) is 0.286. The summed E-state index contributed by atoms with van der Waals surface area (Å²) in [7, 11) is 0. The number of nitrogens with zero attached hydrogens (tertiary/aromatic N) is 5. The molecule has 1 aliphatic rings. The predicted octanol–water partition coefficient (Wildman–Crippen LogP) is 2.04. The number of rotatable bonds is 2. The van der Waals surface area contributed by atoms with E-state index in [0.29, 0.717) is 11.3 Å². The molecular weight excluding hydrogens is 352 g/mol. The molecule has 1 aliphatic heterocycles. The van der Waals surface area contributed by atoms with Gasteiger partial charge in [-0.05, 0) is 38.1 Å². The maximum Gasteiger partial charge on any atom is 0.258 e. The normalized spacial score (nSPS) is 14.9. The van der Waals surface area contributed by atoms with Crippen LogP contribution in [0.1, 0.15) is 11.4 Å². The van der Waals surface area contributed by atoms with Crippen molar-refractivity contribution in [1.29, 1.82) is 0 Å². The lowest BCUT2D eigenvalue weighted by atomic mass is 10.2. The highest BCUT2D eigenvalue weighted by molar-refractivity contribution is 5.64. The lowest BCUT2D eigenvalue weighted by Gasteiger charge is -2.29. The number of hydrogen-bond acceptors (Lipinski definition) is 5. The Balaban J connectivity index is 1.59. The molecule has 1 saturated heterocycles. The second-order valence-corrected chi connectivity index (χ2v) is 7.26. The van der Waals surface area contributed by atoms with E-state index in [1.54, 1.807) is 10.5 Å². The summed E-state index contributed by atoms with van der Waals surface area (Å²) >= 11 is 0. The first-order valence-electron chi connectivity index (χ1n) is 9.55. The van der Waals surface area contributed by atoms with Gasteiger partial charge in [-0.3, -0.25) is 9.20 Å². The smallest absolute Gasteiger partial charge is 0.258 e. The lowest BCUT2D eigenvalue weighted by Crippen LogP contribution is -2.43. The number of pyridine rings is 2. The number of hydrogen-bond donors (Lipinski definition) is 1. The Hall–Kier alpha value is -3.19. The first-order chi connectivity index (χ1) is 13.6. The van der Waals surface area contributed by atoms with Crippen molar-refractivity contribution in [2.45, 2.75) is 13.8 Å². The van der Waals surface area contributed by atoms with Gasteiger partial charge in [-0.1, -0.05) is 0 Å². The number of aryl methyl sites for hydroxylation is 2. The van der Waals surface area contributed by atoms with Gasteiger partial charge in [0.15, 0.2) is 0 Å². The van der Waals surface area contributed by atoms with E-state index in [9.17, 15) is 4.79 Å². The monoisotopic (exact) mass is 374 g/mol. The Morgan fingerprint density at radius 2 is 1.68 bits per heavy atom. The van der Waals surface area contributed by atoms with Crippen molar-refractivity contribution in [3.63, 3.8) is 0 Å². The van der Waals surface area contributed by atoms with Gasteiger partial charge in [0.2, 0.25) is 0 Å². The summed E-state index contributed by atoms with van der Waals surface area (Å²) in [4.78, 5) is 24.4. The van der Waals surface area contributed by atoms with E-state index in [4.69, 9.17) is 4.98 Å². The lowest BCUT2D eigenvalue weighted by molar-refractivity contribution is 0.588. The van der Waals surface area contributed by atoms with E-state index >= 15 is 0 Å². The third kappa shape index (κ3) is 2.75. The SMILES string of the molecule is Cc1nc2ccc(-c3cc(=O)n4cc(N5CCNCC5)ccc4n3)cn2c1C. The summed E-state index contributed by atoms with van der Waals surface area (Å²) in [5.41, 5.74) is 6.20. The Bertz CT molecular complexity index is 1250. The topological polar surface area (TPSA) is 66.9 Å². The number of anilines is 1. The average molecular weight is 374 g/mol. The van der Waals surface area contributed by atoms with Crippen molar-refractivity contribution < 1.29 is 0 Å². The first kappa shape index (κ1) is 16.9. The molecule has 0 radical (unpaired) electrons. The Morgan fingerprint density at radius 3 is 2.50 bits per heavy atom. The average Bonchev–Trinajstić information content (AvgIpc) is 3.01. The van der Waals surface area contributed by atoms with E-state index in [-0.39, 0.29) is 5.56 Å². The molecule has 0 spiro atoms. The molecule has 0 amide bonds. The van der Waals surface area contributed by atoms with E-state index in [1.807, 2.05) is 54.9 Å². The summed E-state index contributed by atoms with van der Waals surface area (Å²) in [6.45, 7) is 7.84. The third-order valence-electron chi connectivity index (χ3n) is 5.52. The minimum Gasteiger partial charge on any atom is -0.368 e. The fourth-order valence-electron chi connectivity index (χ4n) is 3.78. The summed E-state index contributed by atoms with van der Waals surface area (Å²) in [6, 6.07) is 9.51. The predicted molar refractivity (Wildman–Crippen MR) is 110 cm³/mol.